The van der Waals surface area contributed by atoms with E-state index in [1.165, 1.54) is 44.9 Å². The first-order valence-electron chi connectivity index (χ1n) is 10.9. The summed E-state index contributed by atoms with van der Waals surface area (Å²) in [6.45, 7) is 3.10. The van der Waals surface area contributed by atoms with E-state index in [-0.39, 0.29) is 8.80 Å². The van der Waals surface area contributed by atoms with Crippen molar-refractivity contribution in [3.05, 3.63) is 35.9 Å². The summed E-state index contributed by atoms with van der Waals surface area (Å²) in [4.78, 5) is 0. The molecule has 1 aromatic carbocycles. The van der Waals surface area contributed by atoms with Crippen LogP contribution in [-0.4, -0.2) is 15.4 Å². The van der Waals surface area contributed by atoms with E-state index in [1.54, 1.807) is 42.4 Å². The SMILES string of the molecule is CCC[SiH]1CCC(C2CCC(COc3ccc(C=C(F)F)cc3)CC2)CC1. The molecule has 0 radical (unpaired) electrons. The predicted molar refractivity (Wildman–Crippen MR) is 112 cm³/mol. The van der Waals surface area contributed by atoms with Crippen LogP contribution in [0.5, 0.6) is 5.75 Å². The molecule has 1 heterocycles. The molecule has 0 atom stereocenters. The molecule has 0 unspecified atom stereocenters. The number of halogens is 2. The van der Waals surface area contributed by atoms with E-state index >= 15 is 0 Å². The Morgan fingerprint density at radius 1 is 1.00 bits per heavy atom. The largest absolute Gasteiger partial charge is 0.493 e. The number of hydrogen-bond acceptors (Lipinski definition) is 1. The average molecular weight is 393 g/mol. The van der Waals surface area contributed by atoms with Gasteiger partial charge in [0, 0.05) is 14.9 Å². The first kappa shape index (κ1) is 20.6. The second-order valence-electron chi connectivity index (χ2n) is 8.66. The van der Waals surface area contributed by atoms with Crippen LogP contribution in [0.1, 0.15) is 57.4 Å². The minimum Gasteiger partial charge on any atom is -0.493 e. The van der Waals surface area contributed by atoms with Gasteiger partial charge < -0.3 is 4.74 Å². The van der Waals surface area contributed by atoms with Gasteiger partial charge in [-0.3, -0.25) is 0 Å². The molecule has 150 valence electrons. The summed E-state index contributed by atoms with van der Waals surface area (Å²) in [5.74, 6) is 3.39. The summed E-state index contributed by atoms with van der Waals surface area (Å²) in [6.07, 6.45) is 8.96. The minimum atomic E-state index is -1.67. The Labute approximate surface area is 164 Å². The van der Waals surface area contributed by atoms with Gasteiger partial charge in [0.1, 0.15) is 5.75 Å². The van der Waals surface area contributed by atoms with Gasteiger partial charge in [-0.1, -0.05) is 56.5 Å². The van der Waals surface area contributed by atoms with Crippen LogP contribution >= 0.6 is 0 Å². The van der Waals surface area contributed by atoms with Crippen molar-refractivity contribution in [2.75, 3.05) is 6.61 Å². The summed E-state index contributed by atoms with van der Waals surface area (Å²) < 4.78 is 30.5. The van der Waals surface area contributed by atoms with E-state index in [0.29, 0.717) is 11.5 Å². The van der Waals surface area contributed by atoms with Crippen molar-refractivity contribution < 1.29 is 13.5 Å². The Morgan fingerprint density at radius 3 is 2.22 bits per heavy atom. The minimum absolute atomic E-state index is 0.355. The summed E-state index contributed by atoms with van der Waals surface area (Å²) in [6, 6.07) is 11.7. The van der Waals surface area contributed by atoms with Crippen molar-refractivity contribution in [1.82, 2.24) is 0 Å². The second-order valence-corrected chi connectivity index (χ2v) is 12.1. The van der Waals surface area contributed by atoms with E-state index in [2.05, 4.69) is 6.92 Å². The summed E-state index contributed by atoms with van der Waals surface area (Å²) in [5, 5.41) is 0. The molecule has 4 heteroatoms. The first-order chi connectivity index (χ1) is 13.1. The fourth-order valence-electron chi connectivity index (χ4n) is 5.18. The van der Waals surface area contributed by atoms with Gasteiger partial charge in [0.25, 0.3) is 6.08 Å². The molecule has 2 aliphatic rings. The highest BCUT2D eigenvalue weighted by molar-refractivity contribution is 6.58. The molecule has 3 rings (SSSR count). The molecule has 1 aromatic rings. The summed E-state index contributed by atoms with van der Waals surface area (Å²) >= 11 is 0. The van der Waals surface area contributed by atoms with Crippen LogP contribution in [0.25, 0.3) is 6.08 Å². The number of ether oxygens (including phenoxy) is 1. The van der Waals surface area contributed by atoms with Crippen LogP contribution in [0.2, 0.25) is 18.1 Å². The van der Waals surface area contributed by atoms with Crippen LogP contribution < -0.4 is 4.74 Å². The van der Waals surface area contributed by atoms with E-state index in [4.69, 9.17) is 4.74 Å². The van der Waals surface area contributed by atoms with Crippen molar-refractivity contribution in [2.45, 2.75) is 70.0 Å². The molecule has 1 nitrogen and oxygen atoms in total. The molecule has 1 saturated carbocycles. The van der Waals surface area contributed by atoms with Gasteiger partial charge in [-0.05, 0) is 61.1 Å². The third-order valence-electron chi connectivity index (χ3n) is 6.79. The van der Waals surface area contributed by atoms with Gasteiger partial charge in [0.05, 0.1) is 6.61 Å². The third-order valence-corrected chi connectivity index (χ3v) is 10.5. The normalized spacial score (nSPS) is 28.6. The van der Waals surface area contributed by atoms with Gasteiger partial charge in [-0.25, -0.2) is 0 Å². The van der Waals surface area contributed by atoms with Crippen molar-refractivity contribution in [2.24, 2.45) is 17.8 Å². The Bertz CT molecular complexity index is 581. The molecule has 0 bridgehead atoms. The molecule has 2 fully saturated rings. The topological polar surface area (TPSA) is 9.23 Å². The fraction of sp³-hybridized carbons (Fsp3) is 0.652. The van der Waals surface area contributed by atoms with E-state index in [9.17, 15) is 8.78 Å². The third kappa shape index (κ3) is 6.44. The second kappa shape index (κ2) is 10.4. The first-order valence-corrected chi connectivity index (χ1v) is 13.3. The van der Waals surface area contributed by atoms with Crippen LogP contribution in [0.4, 0.5) is 8.78 Å². The predicted octanol–water partition coefficient (Wildman–Crippen LogP) is 7.16. The molecule has 0 amide bonds. The molecule has 27 heavy (non-hydrogen) atoms. The zero-order valence-corrected chi connectivity index (χ0v) is 17.8. The molecule has 1 aliphatic carbocycles. The standard InChI is InChI=1S/C23H34F2OSi/c1-2-13-27-14-11-21(12-15-27)20-7-3-19(4-8-20)17-26-22-9-5-18(6-10-22)16-23(24)25/h5-6,9-10,16,19-21,27H,2-4,7-8,11-15,17H2,1H3. The molecular formula is C23H34F2OSi. The van der Waals surface area contributed by atoms with Crippen molar-refractivity contribution in [3.63, 3.8) is 0 Å². The van der Waals surface area contributed by atoms with Crippen LogP contribution in [0.15, 0.2) is 30.3 Å². The Balaban J connectivity index is 1.37. The van der Waals surface area contributed by atoms with Crippen LogP contribution in [0.3, 0.4) is 0 Å². The molecule has 1 saturated heterocycles. The zero-order valence-electron chi connectivity index (χ0n) is 16.6. The van der Waals surface area contributed by atoms with E-state index in [1.807, 2.05) is 0 Å². The maximum absolute atomic E-state index is 12.3. The highest BCUT2D eigenvalue weighted by atomic mass is 28.3. The smallest absolute Gasteiger partial charge is 0.270 e. The molecule has 0 aromatic heterocycles. The summed E-state index contributed by atoms with van der Waals surface area (Å²) in [7, 11) is -0.355. The van der Waals surface area contributed by atoms with Gasteiger partial charge in [0.2, 0.25) is 0 Å². The lowest BCUT2D eigenvalue weighted by Crippen LogP contribution is -2.29. The van der Waals surface area contributed by atoms with Crippen molar-refractivity contribution in [1.29, 1.82) is 0 Å². The maximum Gasteiger partial charge on any atom is 0.270 e. The van der Waals surface area contributed by atoms with Crippen LogP contribution in [-0.2, 0) is 0 Å². The highest BCUT2D eigenvalue weighted by Crippen LogP contribution is 2.41. The van der Waals surface area contributed by atoms with E-state index in [0.717, 1.165) is 30.3 Å². The summed E-state index contributed by atoms with van der Waals surface area (Å²) in [5.41, 5.74) is 0.513. The van der Waals surface area contributed by atoms with E-state index < -0.39 is 6.08 Å². The lowest BCUT2D eigenvalue weighted by atomic mass is 9.74. The fourth-order valence-corrected chi connectivity index (χ4v) is 8.66. The Kier molecular flexibility index (Phi) is 7.92. The monoisotopic (exact) mass is 392 g/mol. The molecule has 0 spiro atoms. The highest BCUT2D eigenvalue weighted by Gasteiger charge is 2.31. The maximum atomic E-state index is 12.3. The number of hydrogen-bond donors (Lipinski definition) is 0. The quantitative estimate of drug-likeness (QED) is 0.447. The zero-order chi connectivity index (χ0) is 19.1. The molecular weight excluding hydrogens is 358 g/mol. The Morgan fingerprint density at radius 2 is 1.63 bits per heavy atom. The molecule has 0 N–H and O–H groups in total. The van der Waals surface area contributed by atoms with Gasteiger partial charge in [0.15, 0.2) is 0 Å². The van der Waals surface area contributed by atoms with Crippen LogP contribution in [0, 0.1) is 17.8 Å². The Hall–Kier alpha value is -1.16. The number of rotatable bonds is 7. The lowest BCUT2D eigenvalue weighted by Gasteiger charge is -2.37. The lowest BCUT2D eigenvalue weighted by molar-refractivity contribution is 0.148. The van der Waals surface area contributed by atoms with Crippen molar-refractivity contribution >= 4 is 14.9 Å². The van der Waals surface area contributed by atoms with Gasteiger partial charge in [-0.2, -0.15) is 8.78 Å². The van der Waals surface area contributed by atoms with Gasteiger partial charge in [-0.15, -0.1) is 0 Å². The molecule has 1 aliphatic heterocycles. The number of benzene rings is 1. The average Bonchev–Trinajstić information content (AvgIpc) is 2.68. The van der Waals surface area contributed by atoms with Crippen molar-refractivity contribution in [3.8, 4) is 5.75 Å². The van der Waals surface area contributed by atoms with Gasteiger partial charge >= 0.3 is 0 Å².